The monoisotopic (exact) mass is 393 g/mol. The van der Waals surface area contributed by atoms with Gasteiger partial charge in [-0.3, -0.25) is 4.79 Å². The van der Waals surface area contributed by atoms with Crippen molar-refractivity contribution in [3.8, 4) is 17.1 Å². The Bertz CT molecular complexity index is 994. The van der Waals surface area contributed by atoms with Crippen LogP contribution in [0.1, 0.15) is 10.5 Å². The van der Waals surface area contributed by atoms with Crippen LogP contribution >= 0.6 is 0 Å². The molecule has 1 fully saturated rings. The van der Waals surface area contributed by atoms with Crippen molar-refractivity contribution in [2.75, 3.05) is 43.5 Å². The lowest BCUT2D eigenvalue weighted by Crippen LogP contribution is -2.43. The molecule has 8 nitrogen and oxygen atoms in total. The minimum absolute atomic E-state index is 0.0809. The second-order valence-corrected chi connectivity index (χ2v) is 6.67. The van der Waals surface area contributed by atoms with Crippen LogP contribution in [-0.2, 0) is 0 Å². The van der Waals surface area contributed by atoms with Crippen molar-refractivity contribution in [2.24, 2.45) is 5.73 Å². The predicted molar refractivity (Wildman–Crippen MR) is 112 cm³/mol. The molecule has 2 aromatic carbocycles. The van der Waals surface area contributed by atoms with E-state index in [9.17, 15) is 4.79 Å². The molecule has 150 valence electrons. The molecule has 0 unspecified atom stereocenters. The molecule has 0 saturated carbocycles. The summed E-state index contributed by atoms with van der Waals surface area (Å²) in [6.45, 7) is 3.85. The van der Waals surface area contributed by atoms with Gasteiger partial charge in [-0.15, -0.1) is 0 Å². The molecular formula is C21H23N5O3. The van der Waals surface area contributed by atoms with Crippen molar-refractivity contribution >= 4 is 23.3 Å². The summed E-state index contributed by atoms with van der Waals surface area (Å²) in [7, 11) is 1.58. The van der Waals surface area contributed by atoms with Crippen LogP contribution in [0.25, 0.3) is 11.3 Å². The van der Waals surface area contributed by atoms with Gasteiger partial charge in [0.15, 0.2) is 11.5 Å². The first kappa shape index (κ1) is 18.8. The molecule has 1 aliphatic rings. The Hall–Kier alpha value is -3.52. The van der Waals surface area contributed by atoms with E-state index in [-0.39, 0.29) is 11.7 Å². The number of ether oxygens (including phenoxy) is 1. The number of hydrogen-bond donors (Lipinski definition) is 3. The molecule has 0 aliphatic carbocycles. The van der Waals surface area contributed by atoms with Gasteiger partial charge in [-0.2, -0.15) is 4.98 Å². The van der Waals surface area contributed by atoms with Gasteiger partial charge in [0.05, 0.1) is 12.8 Å². The molecule has 3 aromatic rings. The van der Waals surface area contributed by atoms with Crippen LogP contribution in [0.5, 0.6) is 5.75 Å². The van der Waals surface area contributed by atoms with Gasteiger partial charge in [0.1, 0.15) is 5.75 Å². The SMILES string of the molecule is COc1ccccc1Nc1nc(C(N)=O)c(-c2ccc(N3CCNCC3)cc2)o1. The molecule has 4 rings (SSSR count). The second-order valence-electron chi connectivity index (χ2n) is 6.67. The van der Waals surface area contributed by atoms with E-state index < -0.39 is 5.91 Å². The summed E-state index contributed by atoms with van der Waals surface area (Å²) in [5.41, 5.74) is 8.15. The molecule has 8 heteroatoms. The van der Waals surface area contributed by atoms with Gasteiger partial charge >= 0.3 is 6.01 Å². The Morgan fingerprint density at radius 1 is 1.17 bits per heavy atom. The van der Waals surface area contributed by atoms with Crippen molar-refractivity contribution in [2.45, 2.75) is 0 Å². The van der Waals surface area contributed by atoms with E-state index in [0.29, 0.717) is 17.2 Å². The fourth-order valence-electron chi connectivity index (χ4n) is 3.35. The molecule has 1 saturated heterocycles. The maximum Gasteiger partial charge on any atom is 0.300 e. The summed E-state index contributed by atoms with van der Waals surface area (Å²) in [5.74, 6) is 0.318. The van der Waals surface area contributed by atoms with Crippen molar-refractivity contribution in [3.63, 3.8) is 0 Å². The summed E-state index contributed by atoms with van der Waals surface area (Å²) < 4.78 is 11.2. The molecule has 0 radical (unpaired) electrons. The summed E-state index contributed by atoms with van der Waals surface area (Å²) in [6.07, 6.45) is 0. The lowest BCUT2D eigenvalue weighted by Gasteiger charge is -2.29. The van der Waals surface area contributed by atoms with Gasteiger partial charge in [-0.1, -0.05) is 12.1 Å². The first-order valence-corrected chi connectivity index (χ1v) is 9.42. The first-order valence-electron chi connectivity index (χ1n) is 9.42. The van der Waals surface area contributed by atoms with Crippen LogP contribution in [0.4, 0.5) is 17.4 Å². The van der Waals surface area contributed by atoms with Gasteiger partial charge < -0.3 is 30.4 Å². The van der Waals surface area contributed by atoms with Gasteiger partial charge in [0, 0.05) is 37.4 Å². The van der Waals surface area contributed by atoms with E-state index in [2.05, 4.69) is 20.5 Å². The number of carbonyl (C=O) groups excluding carboxylic acids is 1. The highest BCUT2D eigenvalue weighted by Crippen LogP contribution is 2.32. The number of nitrogens with zero attached hydrogens (tertiary/aromatic N) is 2. The number of carbonyl (C=O) groups is 1. The first-order chi connectivity index (χ1) is 14.2. The zero-order valence-electron chi connectivity index (χ0n) is 16.1. The topological polar surface area (TPSA) is 106 Å². The number of nitrogens with two attached hydrogens (primary N) is 1. The third kappa shape index (κ3) is 4.02. The van der Waals surface area contributed by atoms with Crippen LogP contribution in [0.2, 0.25) is 0 Å². The molecular weight excluding hydrogens is 370 g/mol. The number of methoxy groups -OCH3 is 1. The number of primary amides is 1. The molecule has 0 atom stereocenters. The minimum atomic E-state index is -0.650. The molecule has 1 amide bonds. The fourth-order valence-corrected chi connectivity index (χ4v) is 3.35. The van der Waals surface area contributed by atoms with E-state index in [0.717, 1.165) is 37.4 Å². The number of para-hydroxylation sites is 2. The van der Waals surface area contributed by atoms with Gasteiger partial charge in [-0.05, 0) is 36.4 Å². The summed E-state index contributed by atoms with van der Waals surface area (Å²) in [6, 6.07) is 15.4. The number of rotatable bonds is 6. The van der Waals surface area contributed by atoms with E-state index in [1.807, 2.05) is 48.5 Å². The van der Waals surface area contributed by atoms with E-state index in [1.54, 1.807) is 7.11 Å². The Morgan fingerprint density at radius 3 is 2.59 bits per heavy atom. The van der Waals surface area contributed by atoms with Gasteiger partial charge in [0.25, 0.3) is 5.91 Å². The Morgan fingerprint density at radius 2 is 1.90 bits per heavy atom. The third-order valence-corrected chi connectivity index (χ3v) is 4.82. The van der Waals surface area contributed by atoms with Gasteiger partial charge in [0.2, 0.25) is 0 Å². The summed E-state index contributed by atoms with van der Waals surface area (Å²) >= 11 is 0. The average molecular weight is 393 g/mol. The lowest BCUT2D eigenvalue weighted by atomic mass is 10.1. The smallest absolute Gasteiger partial charge is 0.300 e. The predicted octanol–water partition coefficient (Wildman–Crippen LogP) is 2.60. The van der Waals surface area contributed by atoms with Crippen LogP contribution in [0.15, 0.2) is 52.9 Å². The molecule has 29 heavy (non-hydrogen) atoms. The van der Waals surface area contributed by atoms with Crippen molar-refractivity contribution in [3.05, 3.63) is 54.2 Å². The largest absolute Gasteiger partial charge is 0.495 e. The lowest BCUT2D eigenvalue weighted by molar-refractivity contribution is 0.0996. The second kappa shape index (κ2) is 8.24. The number of benzene rings is 2. The maximum atomic E-state index is 11.9. The highest BCUT2D eigenvalue weighted by molar-refractivity contribution is 5.97. The zero-order chi connectivity index (χ0) is 20.2. The van der Waals surface area contributed by atoms with Gasteiger partial charge in [-0.25, -0.2) is 0 Å². The van der Waals surface area contributed by atoms with Crippen molar-refractivity contribution in [1.82, 2.24) is 10.3 Å². The minimum Gasteiger partial charge on any atom is -0.495 e. The van der Waals surface area contributed by atoms with Crippen molar-refractivity contribution < 1.29 is 13.9 Å². The highest BCUT2D eigenvalue weighted by atomic mass is 16.5. The standard InChI is InChI=1S/C21H23N5O3/c1-28-17-5-3-2-4-16(17)24-21-25-18(20(22)27)19(29-21)14-6-8-15(9-7-14)26-12-10-23-11-13-26/h2-9,23H,10-13H2,1H3,(H2,22,27)(H,24,25). The Balaban J connectivity index is 1.62. The molecule has 1 aliphatic heterocycles. The number of nitrogens with one attached hydrogen (secondary N) is 2. The fraction of sp³-hybridized carbons (Fsp3) is 0.238. The maximum absolute atomic E-state index is 11.9. The molecule has 1 aromatic heterocycles. The van der Waals surface area contributed by atoms with Crippen LogP contribution < -0.4 is 26.0 Å². The molecule has 0 spiro atoms. The van der Waals surface area contributed by atoms with Crippen LogP contribution in [0, 0.1) is 0 Å². The van der Waals surface area contributed by atoms with E-state index >= 15 is 0 Å². The number of piperazine rings is 1. The van der Waals surface area contributed by atoms with Crippen LogP contribution in [0.3, 0.4) is 0 Å². The quantitative estimate of drug-likeness (QED) is 0.591. The number of oxazole rings is 1. The molecule has 2 heterocycles. The Labute approximate surface area is 168 Å². The number of anilines is 3. The average Bonchev–Trinajstić information content (AvgIpc) is 3.19. The molecule has 0 bridgehead atoms. The number of hydrogen-bond acceptors (Lipinski definition) is 7. The van der Waals surface area contributed by atoms with E-state index in [1.165, 1.54) is 0 Å². The molecule has 4 N–H and O–H groups in total. The third-order valence-electron chi connectivity index (χ3n) is 4.82. The number of aromatic nitrogens is 1. The Kier molecular flexibility index (Phi) is 5.35. The summed E-state index contributed by atoms with van der Waals surface area (Å²) in [4.78, 5) is 18.5. The van der Waals surface area contributed by atoms with Crippen LogP contribution in [-0.4, -0.2) is 44.2 Å². The van der Waals surface area contributed by atoms with Crippen molar-refractivity contribution in [1.29, 1.82) is 0 Å². The zero-order valence-corrected chi connectivity index (χ0v) is 16.1. The normalized spacial score (nSPS) is 13.9. The highest BCUT2D eigenvalue weighted by Gasteiger charge is 2.21. The van der Waals surface area contributed by atoms with E-state index in [4.69, 9.17) is 14.9 Å². The number of amides is 1. The summed E-state index contributed by atoms with van der Waals surface area (Å²) in [5, 5.41) is 6.39.